The fraction of sp³-hybridized carbons (Fsp3) is 0. The van der Waals surface area contributed by atoms with Crippen molar-refractivity contribution in [1.29, 1.82) is 5.41 Å². The zero-order valence-corrected chi connectivity index (χ0v) is 36.9. The van der Waals surface area contributed by atoms with E-state index < -0.39 is 0 Å². The van der Waals surface area contributed by atoms with Gasteiger partial charge in [-0.15, -0.1) is 0 Å². The van der Waals surface area contributed by atoms with E-state index in [-0.39, 0.29) is 0 Å². The van der Waals surface area contributed by atoms with Crippen molar-refractivity contribution >= 4 is 50.6 Å². The van der Waals surface area contributed by atoms with Gasteiger partial charge in [0.1, 0.15) is 0 Å². The van der Waals surface area contributed by atoms with Gasteiger partial charge in [-0.3, -0.25) is 5.41 Å². The lowest BCUT2D eigenvalue weighted by Crippen LogP contribution is -2.20. The molecule has 11 aromatic rings. The van der Waals surface area contributed by atoms with Crippen LogP contribution in [0, 0.1) is 5.41 Å². The van der Waals surface area contributed by atoms with E-state index in [1.807, 2.05) is 84.9 Å². The van der Waals surface area contributed by atoms with Gasteiger partial charge in [0.25, 0.3) is 0 Å². The molecule has 0 saturated heterocycles. The predicted octanol–water partition coefficient (Wildman–Crippen LogP) is 14.7. The summed E-state index contributed by atoms with van der Waals surface area (Å²) in [4.78, 5) is 15.4. The second kappa shape index (κ2) is 17.3. The van der Waals surface area contributed by atoms with Gasteiger partial charge in [0.05, 0.1) is 22.4 Å². The summed E-state index contributed by atoms with van der Waals surface area (Å²) in [6, 6.07) is 81.4. The Morgan fingerprint density at radius 2 is 0.868 bits per heavy atom. The molecule has 0 aliphatic carbocycles. The van der Waals surface area contributed by atoms with Gasteiger partial charge in [0.2, 0.25) is 0 Å². The third kappa shape index (κ3) is 7.46. The van der Waals surface area contributed by atoms with Crippen molar-refractivity contribution in [3.63, 3.8) is 0 Å². The summed E-state index contributed by atoms with van der Waals surface area (Å²) in [7, 11) is 0. The summed E-state index contributed by atoms with van der Waals surface area (Å²) in [5.74, 6) is 1.78. The van der Waals surface area contributed by atoms with Crippen LogP contribution in [0.25, 0.3) is 95.8 Å². The van der Waals surface area contributed by atoms with Gasteiger partial charge < -0.3 is 9.88 Å². The lowest BCUT2D eigenvalue weighted by molar-refractivity contribution is 1.07. The van der Waals surface area contributed by atoms with Crippen LogP contribution in [0.1, 0.15) is 27.8 Å². The maximum Gasteiger partial charge on any atom is 0.164 e. The van der Waals surface area contributed by atoms with Crippen molar-refractivity contribution < 1.29 is 0 Å². The Morgan fingerprint density at radius 3 is 1.50 bits per heavy atom. The van der Waals surface area contributed by atoms with E-state index in [1.54, 1.807) is 0 Å². The summed E-state index contributed by atoms with van der Waals surface area (Å²) >= 11 is 0. The van der Waals surface area contributed by atoms with Gasteiger partial charge in [-0.05, 0) is 82.4 Å². The molecule has 0 fully saturated rings. The van der Waals surface area contributed by atoms with Gasteiger partial charge in [-0.2, -0.15) is 0 Å². The normalized spacial score (nSPS) is 12.9. The summed E-state index contributed by atoms with van der Waals surface area (Å²) in [6.45, 7) is 0. The number of nitrogens with zero attached hydrogens (tertiary/aromatic N) is 4. The molecule has 2 N–H and O–H groups in total. The Labute approximate surface area is 394 Å². The van der Waals surface area contributed by atoms with E-state index >= 15 is 0 Å². The average Bonchev–Trinajstić information content (AvgIpc) is 3.76. The summed E-state index contributed by atoms with van der Waals surface area (Å²) < 4.78 is 2.32. The Bertz CT molecular complexity index is 3690. The van der Waals surface area contributed by atoms with Gasteiger partial charge in [0, 0.05) is 55.5 Å². The highest BCUT2D eigenvalue weighted by Crippen LogP contribution is 2.39. The highest BCUT2D eigenvalue weighted by molar-refractivity contribution is 6.36. The Balaban J connectivity index is 0.971. The number of benzene rings is 9. The minimum absolute atomic E-state index is 0.438. The fourth-order valence-electron chi connectivity index (χ4n) is 9.36. The third-order valence-electron chi connectivity index (χ3n) is 12.7. The largest absolute Gasteiger partial charge is 0.354 e. The Morgan fingerprint density at radius 1 is 0.397 bits per heavy atom. The molecule has 0 bridgehead atoms. The number of nitrogens with one attached hydrogen (secondary N) is 2. The zero-order valence-electron chi connectivity index (χ0n) is 36.9. The summed E-state index contributed by atoms with van der Waals surface area (Å²) in [5.41, 5.74) is 16.1. The average molecular weight is 871 g/mol. The molecule has 0 radical (unpaired) electrons. The molecule has 0 unspecified atom stereocenters. The molecule has 1 aliphatic rings. The number of hydrogen-bond donors (Lipinski definition) is 2. The standard InChI is InChI=1S/C62H42N6/c63-58(43-22-9-3-10-23-43)57(42-20-7-2-8-21-42)59-53-39-47(32-33-48(53)40-54(64-59)41-18-5-1-6-19-41)46-26-17-27-49(38-46)62-66-60(44-24-11-4-12-25-44)65-61(67-62)45-34-36-50(37-35-45)68-55-30-15-13-28-51(55)52-29-14-16-31-56(52)68/h1-40,63-64H/b59-57-,63-58?. The van der Waals surface area contributed by atoms with Crippen LogP contribution in [0.15, 0.2) is 237 Å². The number of fused-ring (bicyclic) bond motifs is 4. The van der Waals surface area contributed by atoms with Gasteiger partial charge in [-0.25, -0.2) is 15.0 Å². The first-order valence-electron chi connectivity index (χ1n) is 22.8. The number of para-hydroxylation sites is 2. The molecular formula is C62H42N6. The highest BCUT2D eigenvalue weighted by atomic mass is 15.0. The van der Waals surface area contributed by atoms with Crippen molar-refractivity contribution in [2.24, 2.45) is 0 Å². The molecule has 68 heavy (non-hydrogen) atoms. The molecular weight excluding hydrogens is 829 g/mol. The van der Waals surface area contributed by atoms with Crippen LogP contribution >= 0.6 is 0 Å². The molecule has 0 spiro atoms. The highest BCUT2D eigenvalue weighted by Gasteiger charge is 2.25. The smallest absolute Gasteiger partial charge is 0.164 e. The Hall–Kier alpha value is -9.26. The molecule has 12 rings (SSSR count). The lowest BCUT2D eigenvalue weighted by Gasteiger charge is -2.27. The van der Waals surface area contributed by atoms with E-state index in [2.05, 4.69) is 168 Å². The number of aromatic nitrogens is 4. The van der Waals surface area contributed by atoms with Gasteiger partial charge in [-0.1, -0.05) is 188 Å². The van der Waals surface area contributed by atoms with E-state index in [0.717, 1.165) is 89.3 Å². The van der Waals surface area contributed by atoms with Crippen molar-refractivity contribution in [3.8, 4) is 51.0 Å². The van der Waals surface area contributed by atoms with Crippen LogP contribution in [0.5, 0.6) is 0 Å². The Kier molecular flexibility index (Phi) is 10.2. The molecule has 6 heteroatoms. The van der Waals surface area contributed by atoms with Crippen LogP contribution in [0.2, 0.25) is 0 Å². The summed E-state index contributed by atoms with van der Waals surface area (Å²) in [6.07, 6.45) is 2.20. The van der Waals surface area contributed by atoms with E-state index in [4.69, 9.17) is 15.0 Å². The van der Waals surface area contributed by atoms with Gasteiger partial charge >= 0.3 is 0 Å². The van der Waals surface area contributed by atoms with E-state index in [1.165, 1.54) is 10.8 Å². The second-order valence-corrected chi connectivity index (χ2v) is 16.9. The third-order valence-corrected chi connectivity index (χ3v) is 12.7. The quantitative estimate of drug-likeness (QED) is 0.142. The topological polar surface area (TPSA) is 79.5 Å². The first-order valence-corrected chi connectivity index (χ1v) is 22.8. The van der Waals surface area contributed by atoms with Crippen molar-refractivity contribution in [3.05, 3.63) is 264 Å². The van der Waals surface area contributed by atoms with Gasteiger partial charge in [0.15, 0.2) is 17.5 Å². The van der Waals surface area contributed by atoms with Crippen molar-refractivity contribution in [2.75, 3.05) is 0 Å². The molecule has 0 saturated carbocycles. The minimum Gasteiger partial charge on any atom is -0.354 e. The molecule has 9 aromatic carbocycles. The molecule has 0 amide bonds. The maximum absolute atomic E-state index is 9.74. The van der Waals surface area contributed by atoms with Crippen LogP contribution in [-0.4, -0.2) is 25.2 Å². The number of allylic oxidation sites excluding steroid dienone is 1. The van der Waals surface area contributed by atoms with Crippen molar-refractivity contribution in [2.45, 2.75) is 0 Å². The number of hydrogen-bond acceptors (Lipinski definition) is 5. The van der Waals surface area contributed by atoms with Crippen LogP contribution < -0.4 is 5.32 Å². The second-order valence-electron chi connectivity index (χ2n) is 16.9. The molecule has 6 nitrogen and oxygen atoms in total. The van der Waals surface area contributed by atoms with Crippen LogP contribution in [0.3, 0.4) is 0 Å². The maximum atomic E-state index is 9.74. The molecule has 3 heterocycles. The van der Waals surface area contributed by atoms with Crippen LogP contribution in [-0.2, 0) is 0 Å². The molecule has 2 aromatic heterocycles. The zero-order chi connectivity index (χ0) is 45.4. The predicted molar refractivity (Wildman–Crippen MR) is 280 cm³/mol. The van der Waals surface area contributed by atoms with E-state index in [9.17, 15) is 5.41 Å². The minimum atomic E-state index is 0.438. The SMILES string of the molecule is N=C(/C(=C1\NC(c2ccccc2)=Cc2ccc(-c3cccc(-c4nc(-c5ccccc5)nc(-c5ccc(-n6c7ccccc7c7ccccc76)cc5)n4)c3)cc21)c1ccccc1)c1ccccc1. The fourth-order valence-corrected chi connectivity index (χ4v) is 9.36. The first kappa shape index (κ1) is 40.3. The molecule has 0 atom stereocenters. The lowest BCUT2D eigenvalue weighted by atomic mass is 9.86. The van der Waals surface area contributed by atoms with Crippen LogP contribution in [0.4, 0.5) is 0 Å². The monoisotopic (exact) mass is 870 g/mol. The van der Waals surface area contributed by atoms with Crippen molar-refractivity contribution in [1.82, 2.24) is 24.8 Å². The summed E-state index contributed by atoms with van der Waals surface area (Å²) in [5, 5.41) is 16.0. The number of rotatable bonds is 9. The molecule has 1 aliphatic heterocycles. The molecule has 320 valence electrons. The van der Waals surface area contributed by atoms with E-state index in [0.29, 0.717) is 23.2 Å². The first-order chi connectivity index (χ1) is 33.6.